The van der Waals surface area contributed by atoms with Gasteiger partial charge >= 0.3 is 0 Å². The second-order valence-electron chi connectivity index (χ2n) is 6.50. The number of nitrogens with zero attached hydrogens (tertiary/aromatic N) is 3. The Balaban J connectivity index is 2.36. The summed E-state index contributed by atoms with van der Waals surface area (Å²) in [7, 11) is 0. The monoisotopic (exact) mass is 396 g/mol. The van der Waals surface area contributed by atoms with Crippen molar-refractivity contribution in [3.8, 4) is 0 Å². The van der Waals surface area contributed by atoms with Crippen molar-refractivity contribution in [2.24, 2.45) is 4.99 Å². The summed E-state index contributed by atoms with van der Waals surface area (Å²) in [5.74, 6) is 0.726. The number of aromatic nitrogens is 1. The van der Waals surface area contributed by atoms with Crippen LogP contribution in [-0.2, 0) is 0 Å². The fourth-order valence-electron chi connectivity index (χ4n) is 2.72. The molecule has 8 heteroatoms. The third kappa shape index (κ3) is 9.19. The number of hydrogen-bond acceptors (Lipinski definition) is 5. The summed E-state index contributed by atoms with van der Waals surface area (Å²) >= 11 is 1.36. The minimum Gasteiger partial charge on any atom is -0.357 e. The number of aliphatic imine (C=N–C) groups is 1. The Kier molecular flexibility index (Phi) is 11.7. The van der Waals surface area contributed by atoms with E-state index in [1.807, 2.05) is 6.92 Å². The number of aryl methyl sites for hydroxylation is 1. The molecule has 1 unspecified atom stereocenters. The molecule has 0 saturated carbocycles. The van der Waals surface area contributed by atoms with Gasteiger partial charge in [0.2, 0.25) is 0 Å². The molecule has 0 aromatic carbocycles. The van der Waals surface area contributed by atoms with Crippen molar-refractivity contribution in [3.63, 3.8) is 0 Å². The Labute approximate surface area is 168 Å². The second kappa shape index (κ2) is 13.5. The van der Waals surface area contributed by atoms with E-state index < -0.39 is 0 Å². The summed E-state index contributed by atoms with van der Waals surface area (Å²) in [6.45, 7) is 15.7. The molecule has 1 aromatic heterocycles. The molecular formula is C19H36N6OS. The molecule has 0 spiro atoms. The fourth-order valence-corrected chi connectivity index (χ4v) is 3.44. The van der Waals surface area contributed by atoms with Gasteiger partial charge in [-0.2, -0.15) is 0 Å². The fraction of sp³-hybridized carbons (Fsp3) is 0.737. The molecule has 3 N–H and O–H groups in total. The quantitative estimate of drug-likeness (QED) is 0.287. The van der Waals surface area contributed by atoms with E-state index in [2.05, 4.69) is 58.5 Å². The molecule has 0 aliphatic carbocycles. The summed E-state index contributed by atoms with van der Waals surface area (Å²) in [6.07, 6.45) is 2.27. The molecule has 7 nitrogen and oxygen atoms in total. The van der Waals surface area contributed by atoms with E-state index in [1.165, 1.54) is 17.8 Å². The maximum Gasteiger partial charge on any atom is 0.263 e. The summed E-state index contributed by atoms with van der Waals surface area (Å²) in [5.41, 5.74) is 2.46. The van der Waals surface area contributed by atoms with E-state index in [-0.39, 0.29) is 5.91 Å². The molecule has 1 heterocycles. The average Bonchev–Trinajstić information content (AvgIpc) is 3.08. The zero-order valence-corrected chi connectivity index (χ0v) is 18.3. The first-order chi connectivity index (χ1) is 13.0. The predicted octanol–water partition coefficient (Wildman–Crippen LogP) is 2.25. The van der Waals surface area contributed by atoms with Crippen molar-refractivity contribution in [2.45, 2.75) is 53.5 Å². The number of carbonyl (C=O) groups is 1. The standard InChI is InChI=1S/C19H36N6OS/c1-6-20-19(24-15(4)10-9-13-25(7-2)8-3)22-12-11-21-18(26)17-16(5)23-14-27-17/h14-15H,6-13H2,1-5H3,(H,21,26)(H2,20,22,24). The topological polar surface area (TPSA) is 81.6 Å². The molecular weight excluding hydrogens is 360 g/mol. The van der Waals surface area contributed by atoms with Crippen LogP contribution in [0, 0.1) is 6.92 Å². The van der Waals surface area contributed by atoms with Gasteiger partial charge in [0.25, 0.3) is 5.91 Å². The van der Waals surface area contributed by atoms with E-state index in [0.29, 0.717) is 24.0 Å². The van der Waals surface area contributed by atoms with Crippen molar-refractivity contribution in [1.29, 1.82) is 0 Å². The molecule has 154 valence electrons. The van der Waals surface area contributed by atoms with E-state index in [4.69, 9.17) is 0 Å². The van der Waals surface area contributed by atoms with Gasteiger partial charge in [-0.15, -0.1) is 11.3 Å². The molecule has 0 radical (unpaired) electrons. The molecule has 27 heavy (non-hydrogen) atoms. The Morgan fingerprint density at radius 2 is 2.04 bits per heavy atom. The number of rotatable bonds is 12. The van der Waals surface area contributed by atoms with Gasteiger partial charge in [-0.05, 0) is 53.2 Å². The van der Waals surface area contributed by atoms with Gasteiger partial charge < -0.3 is 20.9 Å². The van der Waals surface area contributed by atoms with Crippen LogP contribution in [0.3, 0.4) is 0 Å². The van der Waals surface area contributed by atoms with Crippen LogP contribution >= 0.6 is 11.3 Å². The maximum absolute atomic E-state index is 12.1. The van der Waals surface area contributed by atoms with Crippen LogP contribution in [0.5, 0.6) is 0 Å². The SMILES string of the molecule is CCNC(=NCCNC(=O)c1scnc1C)NC(C)CCCN(CC)CC. The van der Waals surface area contributed by atoms with Gasteiger partial charge in [0.05, 0.1) is 17.7 Å². The highest BCUT2D eigenvalue weighted by molar-refractivity contribution is 7.11. The van der Waals surface area contributed by atoms with Crippen LogP contribution in [0.25, 0.3) is 0 Å². The highest BCUT2D eigenvalue weighted by atomic mass is 32.1. The lowest BCUT2D eigenvalue weighted by molar-refractivity contribution is 0.0958. The van der Waals surface area contributed by atoms with Gasteiger partial charge in [0.1, 0.15) is 4.88 Å². The highest BCUT2D eigenvalue weighted by Crippen LogP contribution is 2.11. The summed E-state index contributed by atoms with van der Waals surface area (Å²) in [4.78, 5) is 23.9. The number of amides is 1. The molecule has 0 aliphatic rings. The predicted molar refractivity (Wildman–Crippen MR) is 115 cm³/mol. The zero-order valence-electron chi connectivity index (χ0n) is 17.5. The van der Waals surface area contributed by atoms with Crippen molar-refractivity contribution in [1.82, 2.24) is 25.8 Å². The van der Waals surface area contributed by atoms with Crippen molar-refractivity contribution >= 4 is 23.2 Å². The Morgan fingerprint density at radius 1 is 1.30 bits per heavy atom. The number of guanidine groups is 1. The first kappa shape index (κ1) is 23.4. The Bertz CT molecular complexity index is 570. The number of carbonyl (C=O) groups excluding carboxylic acids is 1. The molecule has 0 saturated heterocycles. The van der Waals surface area contributed by atoms with Gasteiger partial charge in [0, 0.05) is 19.1 Å². The van der Waals surface area contributed by atoms with Crippen molar-refractivity contribution in [3.05, 3.63) is 16.1 Å². The number of hydrogen-bond donors (Lipinski definition) is 3. The maximum atomic E-state index is 12.1. The normalized spacial score (nSPS) is 12.9. The van der Waals surface area contributed by atoms with Crippen LogP contribution in [-0.4, -0.2) is 67.1 Å². The van der Waals surface area contributed by atoms with E-state index >= 15 is 0 Å². The van der Waals surface area contributed by atoms with Gasteiger partial charge in [-0.1, -0.05) is 13.8 Å². The van der Waals surface area contributed by atoms with Crippen molar-refractivity contribution in [2.75, 3.05) is 39.3 Å². The number of thiazole rings is 1. The first-order valence-electron chi connectivity index (χ1n) is 9.97. The summed E-state index contributed by atoms with van der Waals surface area (Å²) in [5, 5.41) is 9.62. The van der Waals surface area contributed by atoms with E-state index in [9.17, 15) is 4.79 Å². The Morgan fingerprint density at radius 3 is 2.63 bits per heavy atom. The molecule has 0 fully saturated rings. The lowest BCUT2D eigenvalue weighted by Crippen LogP contribution is -2.43. The first-order valence-corrected chi connectivity index (χ1v) is 10.8. The average molecular weight is 397 g/mol. The van der Waals surface area contributed by atoms with E-state index in [0.717, 1.165) is 44.3 Å². The highest BCUT2D eigenvalue weighted by Gasteiger charge is 2.11. The van der Waals surface area contributed by atoms with Gasteiger partial charge in [-0.25, -0.2) is 4.98 Å². The second-order valence-corrected chi connectivity index (χ2v) is 7.35. The van der Waals surface area contributed by atoms with Crippen LogP contribution < -0.4 is 16.0 Å². The van der Waals surface area contributed by atoms with E-state index in [1.54, 1.807) is 5.51 Å². The third-order valence-corrected chi connectivity index (χ3v) is 5.28. The molecule has 1 amide bonds. The Hall–Kier alpha value is -1.67. The van der Waals surface area contributed by atoms with Crippen LogP contribution in [0.4, 0.5) is 0 Å². The smallest absolute Gasteiger partial charge is 0.263 e. The largest absolute Gasteiger partial charge is 0.357 e. The van der Waals surface area contributed by atoms with Crippen LogP contribution in [0.2, 0.25) is 0 Å². The molecule has 0 bridgehead atoms. The van der Waals surface area contributed by atoms with Crippen molar-refractivity contribution < 1.29 is 4.79 Å². The minimum atomic E-state index is -0.0760. The lowest BCUT2D eigenvalue weighted by atomic mass is 10.2. The third-order valence-electron chi connectivity index (χ3n) is 4.35. The van der Waals surface area contributed by atoms with Gasteiger partial charge in [0.15, 0.2) is 5.96 Å². The van der Waals surface area contributed by atoms with Crippen LogP contribution in [0.1, 0.15) is 55.9 Å². The minimum absolute atomic E-state index is 0.0760. The molecule has 0 aliphatic heterocycles. The molecule has 1 rings (SSSR count). The lowest BCUT2D eigenvalue weighted by Gasteiger charge is -2.21. The van der Waals surface area contributed by atoms with Gasteiger partial charge in [-0.3, -0.25) is 9.79 Å². The number of nitrogens with one attached hydrogen (secondary N) is 3. The summed E-state index contributed by atoms with van der Waals surface area (Å²) in [6, 6.07) is 0.354. The summed E-state index contributed by atoms with van der Waals surface area (Å²) < 4.78 is 0. The van der Waals surface area contributed by atoms with Crippen LogP contribution in [0.15, 0.2) is 10.5 Å². The zero-order chi connectivity index (χ0) is 20.1. The molecule has 1 aromatic rings. The molecule has 1 atom stereocenters.